The Hall–Kier alpha value is -2.36. The number of pyridine rings is 1. The summed E-state index contributed by atoms with van der Waals surface area (Å²) in [6.07, 6.45) is 4.44. The maximum Gasteiger partial charge on any atom is 0.139 e. The molecular weight excluding hydrogens is 342 g/mol. The van der Waals surface area contributed by atoms with Crippen LogP contribution in [0.3, 0.4) is 0 Å². The van der Waals surface area contributed by atoms with Crippen LogP contribution in [-0.4, -0.2) is 42.6 Å². The molecule has 0 radical (unpaired) electrons. The summed E-state index contributed by atoms with van der Waals surface area (Å²) in [4.78, 5) is 9.41. The van der Waals surface area contributed by atoms with Gasteiger partial charge in [0, 0.05) is 38.1 Å². The summed E-state index contributed by atoms with van der Waals surface area (Å²) >= 11 is 6.38. The molecule has 1 saturated heterocycles. The van der Waals surface area contributed by atoms with Crippen LogP contribution in [0.2, 0.25) is 5.15 Å². The van der Waals surface area contributed by atoms with Gasteiger partial charge in [-0.3, -0.25) is 4.90 Å². The number of rotatable bonds is 4. The lowest BCUT2D eigenvalue weighted by Gasteiger charge is -2.35. The number of hydrogen-bond acceptors (Lipinski definition) is 3. The molecule has 3 nitrogen and oxygen atoms in total. The first-order chi connectivity index (χ1) is 12.8. The van der Waals surface area contributed by atoms with Gasteiger partial charge in [0.15, 0.2) is 0 Å². The smallest absolute Gasteiger partial charge is 0.139 e. The molecule has 0 spiro atoms. The van der Waals surface area contributed by atoms with Crippen LogP contribution in [0.25, 0.3) is 16.8 Å². The van der Waals surface area contributed by atoms with Gasteiger partial charge in [-0.1, -0.05) is 78.4 Å². The van der Waals surface area contributed by atoms with Crippen LogP contribution in [-0.2, 0) is 0 Å². The minimum atomic E-state index is 0.589. The van der Waals surface area contributed by atoms with Crippen molar-refractivity contribution < 1.29 is 0 Å². The highest BCUT2D eigenvalue weighted by Crippen LogP contribution is 2.26. The molecule has 1 aliphatic rings. The molecule has 0 N–H and O–H groups in total. The van der Waals surface area contributed by atoms with Gasteiger partial charge in [-0.2, -0.15) is 0 Å². The number of piperazine rings is 1. The van der Waals surface area contributed by atoms with Crippen LogP contribution in [0.1, 0.15) is 5.56 Å². The first-order valence-electron chi connectivity index (χ1n) is 9.04. The molecule has 0 atom stereocenters. The number of hydrogen-bond donors (Lipinski definition) is 0. The quantitative estimate of drug-likeness (QED) is 0.625. The number of anilines is 1. The van der Waals surface area contributed by atoms with Gasteiger partial charge in [-0.25, -0.2) is 4.98 Å². The predicted octanol–water partition coefficient (Wildman–Crippen LogP) is 4.72. The third-order valence-electron chi connectivity index (χ3n) is 4.85. The maximum atomic E-state index is 6.38. The number of fused-ring (bicyclic) bond motifs is 1. The molecule has 0 bridgehead atoms. The minimum absolute atomic E-state index is 0.589. The molecule has 0 amide bonds. The highest BCUT2D eigenvalue weighted by atomic mass is 35.5. The third-order valence-corrected chi connectivity index (χ3v) is 5.14. The Kier molecular flexibility index (Phi) is 5.19. The second-order valence-corrected chi connectivity index (χ2v) is 6.95. The lowest BCUT2D eigenvalue weighted by Crippen LogP contribution is -2.46. The molecule has 0 saturated carbocycles. The molecular formula is C22H22ClN3. The zero-order valence-corrected chi connectivity index (χ0v) is 15.4. The molecule has 1 aromatic heterocycles. The molecule has 2 aromatic carbocycles. The first kappa shape index (κ1) is 17.1. The Morgan fingerprint density at radius 3 is 2.46 bits per heavy atom. The van der Waals surface area contributed by atoms with Crippen molar-refractivity contribution in [3.05, 3.63) is 77.5 Å². The Bertz CT molecular complexity index is 900. The fourth-order valence-electron chi connectivity index (χ4n) is 3.37. The average Bonchev–Trinajstić information content (AvgIpc) is 2.69. The molecule has 1 fully saturated rings. The topological polar surface area (TPSA) is 19.4 Å². The maximum absolute atomic E-state index is 6.38. The van der Waals surface area contributed by atoms with E-state index in [1.807, 2.05) is 24.3 Å². The zero-order chi connectivity index (χ0) is 17.8. The van der Waals surface area contributed by atoms with Crippen LogP contribution >= 0.6 is 11.6 Å². The Morgan fingerprint density at radius 2 is 1.65 bits per heavy atom. The number of aromatic nitrogens is 1. The van der Waals surface area contributed by atoms with Crippen LogP contribution in [0, 0.1) is 0 Å². The third kappa shape index (κ3) is 3.90. The molecule has 4 rings (SSSR count). The van der Waals surface area contributed by atoms with Crippen molar-refractivity contribution in [2.75, 3.05) is 37.6 Å². The summed E-state index contributed by atoms with van der Waals surface area (Å²) in [6, 6.07) is 20.7. The van der Waals surface area contributed by atoms with Gasteiger partial charge < -0.3 is 4.90 Å². The first-order valence-corrected chi connectivity index (χ1v) is 9.41. The van der Waals surface area contributed by atoms with Crippen molar-refractivity contribution in [1.29, 1.82) is 0 Å². The van der Waals surface area contributed by atoms with Crippen LogP contribution < -0.4 is 4.90 Å². The molecule has 0 unspecified atom stereocenters. The minimum Gasteiger partial charge on any atom is -0.354 e. The lowest BCUT2D eigenvalue weighted by atomic mass is 10.1. The summed E-state index contributed by atoms with van der Waals surface area (Å²) in [6.45, 7) is 4.99. The van der Waals surface area contributed by atoms with E-state index in [4.69, 9.17) is 11.6 Å². The van der Waals surface area contributed by atoms with Crippen LogP contribution in [0.15, 0.2) is 66.7 Å². The summed E-state index contributed by atoms with van der Waals surface area (Å²) in [5.74, 6) is 0.980. The van der Waals surface area contributed by atoms with E-state index in [0.29, 0.717) is 5.15 Å². The van der Waals surface area contributed by atoms with E-state index in [1.54, 1.807) is 0 Å². The molecule has 4 heteroatoms. The molecule has 26 heavy (non-hydrogen) atoms. The van der Waals surface area contributed by atoms with Crippen molar-refractivity contribution in [3.63, 3.8) is 0 Å². The van der Waals surface area contributed by atoms with Gasteiger partial charge in [0.1, 0.15) is 11.0 Å². The number of benzene rings is 2. The summed E-state index contributed by atoms with van der Waals surface area (Å²) in [5, 5.41) is 2.75. The Morgan fingerprint density at radius 1 is 0.923 bits per heavy atom. The van der Waals surface area contributed by atoms with Gasteiger partial charge in [0.2, 0.25) is 0 Å². The normalized spacial score (nSPS) is 15.8. The van der Waals surface area contributed by atoms with E-state index in [9.17, 15) is 0 Å². The van der Waals surface area contributed by atoms with E-state index in [2.05, 4.69) is 63.3 Å². The molecule has 3 aromatic rings. The van der Waals surface area contributed by atoms with Gasteiger partial charge in [-0.15, -0.1) is 0 Å². The summed E-state index contributed by atoms with van der Waals surface area (Å²) < 4.78 is 0. The van der Waals surface area contributed by atoms with Gasteiger partial charge in [-0.05, 0) is 17.0 Å². The fourth-order valence-corrected chi connectivity index (χ4v) is 3.63. The van der Waals surface area contributed by atoms with Gasteiger partial charge >= 0.3 is 0 Å². The highest BCUT2D eigenvalue weighted by molar-refractivity contribution is 6.34. The molecule has 132 valence electrons. The van der Waals surface area contributed by atoms with E-state index < -0.39 is 0 Å². The standard InChI is InChI=1S/C22H22ClN3/c23-22-20-11-5-4-10-19(20)17-21(24-22)26-15-13-25(14-16-26)12-6-9-18-7-2-1-3-8-18/h1-11,17H,12-16H2/b9-6+. The molecule has 0 aliphatic carbocycles. The Balaban J connectivity index is 1.37. The van der Waals surface area contributed by atoms with Crippen molar-refractivity contribution in [3.8, 4) is 0 Å². The van der Waals surface area contributed by atoms with Gasteiger partial charge in [0.25, 0.3) is 0 Å². The largest absolute Gasteiger partial charge is 0.354 e. The van der Waals surface area contributed by atoms with Crippen molar-refractivity contribution in [2.24, 2.45) is 0 Å². The monoisotopic (exact) mass is 363 g/mol. The summed E-state index contributed by atoms with van der Waals surface area (Å²) in [5.41, 5.74) is 1.25. The van der Waals surface area contributed by atoms with E-state index in [-0.39, 0.29) is 0 Å². The molecule has 1 aliphatic heterocycles. The van der Waals surface area contributed by atoms with Crippen molar-refractivity contribution in [1.82, 2.24) is 9.88 Å². The Labute approximate surface area is 159 Å². The number of nitrogens with zero attached hydrogens (tertiary/aromatic N) is 3. The fraction of sp³-hybridized carbons (Fsp3) is 0.227. The van der Waals surface area contributed by atoms with Crippen LogP contribution in [0.4, 0.5) is 5.82 Å². The second kappa shape index (κ2) is 7.90. The van der Waals surface area contributed by atoms with Gasteiger partial charge in [0.05, 0.1) is 0 Å². The van der Waals surface area contributed by atoms with Crippen molar-refractivity contribution in [2.45, 2.75) is 0 Å². The average molecular weight is 364 g/mol. The second-order valence-electron chi connectivity index (χ2n) is 6.59. The predicted molar refractivity (Wildman–Crippen MR) is 111 cm³/mol. The lowest BCUT2D eigenvalue weighted by molar-refractivity contribution is 0.284. The highest BCUT2D eigenvalue weighted by Gasteiger charge is 2.18. The van der Waals surface area contributed by atoms with E-state index in [1.165, 1.54) is 5.56 Å². The SMILES string of the molecule is Clc1nc(N2CCN(C/C=C/c3ccccc3)CC2)cc2ccccc12. The zero-order valence-electron chi connectivity index (χ0n) is 14.7. The van der Waals surface area contributed by atoms with E-state index in [0.717, 1.165) is 49.3 Å². The van der Waals surface area contributed by atoms with Crippen LogP contribution in [0.5, 0.6) is 0 Å². The number of halogens is 1. The summed E-state index contributed by atoms with van der Waals surface area (Å²) in [7, 11) is 0. The van der Waals surface area contributed by atoms with E-state index >= 15 is 0 Å². The van der Waals surface area contributed by atoms with Crippen molar-refractivity contribution >= 4 is 34.3 Å². The molecule has 2 heterocycles.